The Balaban J connectivity index is 1.26. The van der Waals surface area contributed by atoms with Crippen LogP contribution in [0.2, 0.25) is 0 Å². The lowest BCUT2D eigenvalue weighted by atomic mass is 9.98. The molecule has 3 fully saturated rings. The topological polar surface area (TPSA) is 31.0 Å². The number of benzene rings is 1. The van der Waals surface area contributed by atoms with Gasteiger partial charge in [0, 0.05) is 44.8 Å². The second-order valence-electron chi connectivity index (χ2n) is 9.00. The Bertz CT molecular complexity index is 564. The third-order valence-electron chi connectivity index (χ3n) is 7.03. The van der Waals surface area contributed by atoms with Crippen molar-refractivity contribution < 1.29 is 4.74 Å². The molecule has 0 spiro atoms. The number of piperidine rings is 2. The lowest BCUT2D eigenvalue weighted by Gasteiger charge is -2.41. The normalized spacial score (nSPS) is 24.6. The fourth-order valence-corrected chi connectivity index (χ4v) is 5.20. The molecular weight excluding hydrogens is 360 g/mol. The van der Waals surface area contributed by atoms with Gasteiger partial charge in [0.25, 0.3) is 0 Å². The van der Waals surface area contributed by atoms with Crippen molar-refractivity contribution in [3.63, 3.8) is 0 Å². The molecule has 3 aliphatic rings. The predicted octanol–water partition coefficient (Wildman–Crippen LogP) is 2.60. The zero-order chi connectivity index (χ0) is 19.7. The summed E-state index contributed by atoms with van der Waals surface area (Å²) in [6.07, 6.45) is 6.93. The van der Waals surface area contributed by atoms with Crippen LogP contribution in [0.15, 0.2) is 30.3 Å². The van der Waals surface area contributed by atoms with Crippen molar-refractivity contribution in [1.82, 2.24) is 20.0 Å². The lowest BCUT2D eigenvalue weighted by molar-refractivity contribution is 0.0377. The molecule has 1 aromatic carbocycles. The molecular formula is C24H40N4O. The van der Waals surface area contributed by atoms with E-state index in [0.29, 0.717) is 6.04 Å². The summed E-state index contributed by atoms with van der Waals surface area (Å²) in [5, 5.41) is 3.87. The van der Waals surface area contributed by atoms with Gasteiger partial charge in [0.2, 0.25) is 0 Å². The fraction of sp³-hybridized carbons (Fsp3) is 0.750. The summed E-state index contributed by atoms with van der Waals surface area (Å²) < 4.78 is 5.48. The molecule has 162 valence electrons. The van der Waals surface area contributed by atoms with Gasteiger partial charge >= 0.3 is 0 Å². The third kappa shape index (κ3) is 6.50. The minimum absolute atomic E-state index is 0.420. The molecule has 0 amide bonds. The van der Waals surface area contributed by atoms with E-state index in [1.54, 1.807) is 0 Å². The molecule has 0 radical (unpaired) electrons. The first-order chi connectivity index (χ1) is 14.4. The van der Waals surface area contributed by atoms with E-state index in [1.807, 2.05) is 0 Å². The molecule has 0 bridgehead atoms. The Kier molecular flexibility index (Phi) is 8.37. The van der Waals surface area contributed by atoms with Gasteiger partial charge in [-0.05, 0) is 57.4 Å². The van der Waals surface area contributed by atoms with Crippen molar-refractivity contribution in [3.8, 4) is 0 Å². The summed E-state index contributed by atoms with van der Waals surface area (Å²) in [5.41, 5.74) is 1.42. The summed E-state index contributed by atoms with van der Waals surface area (Å²) in [5.74, 6) is 0. The highest BCUT2D eigenvalue weighted by Gasteiger charge is 2.27. The van der Waals surface area contributed by atoms with Gasteiger partial charge in [-0.25, -0.2) is 0 Å². The summed E-state index contributed by atoms with van der Waals surface area (Å²) in [7, 11) is 0. The fourth-order valence-electron chi connectivity index (χ4n) is 5.20. The molecule has 1 atom stereocenters. The van der Waals surface area contributed by atoms with Crippen molar-refractivity contribution in [2.45, 2.75) is 44.2 Å². The van der Waals surface area contributed by atoms with Crippen LogP contribution in [0.5, 0.6) is 0 Å². The highest BCUT2D eigenvalue weighted by Crippen LogP contribution is 2.23. The van der Waals surface area contributed by atoms with Crippen LogP contribution >= 0.6 is 0 Å². The Hall–Kier alpha value is -0.980. The maximum Gasteiger partial charge on any atom is 0.0594 e. The Morgan fingerprint density at radius 3 is 2.31 bits per heavy atom. The van der Waals surface area contributed by atoms with E-state index in [9.17, 15) is 0 Å². The lowest BCUT2D eigenvalue weighted by Crippen LogP contribution is -2.48. The maximum atomic E-state index is 5.48. The van der Waals surface area contributed by atoms with Gasteiger partial charge in [-0.2, -0.15) is 0 Å². The largest absolute Gasteiger partial charge is 0.379 e. The average molecular weight is 401 g/mol. The molecule has 1 unspecified atom stereocenters. The first-order valence-corrected chi connectivity index (χ1v) is 11.9. The molecule has 4 rings (SSSR count). The minimum Gasteiger partial charge on any atom is -0.379 e. The first-order valence-electron chi connectivity index (χ1n) is 11.9. The molecule has 3 aliphatic heterocycles. The summed E-state index contributed by atoms with van der Waals surface area (Å²) in [4.78, 5) is 7.98. The van der Waals surface area contributed by atoms with E-state index in [-0.39, 0.29) is 0 Å². The van der Waals surface area contributed by atoms with Crippen LogP contribution in [-0.2, 0) is 4.74 Å². The monoisotopic (exact) mass is 400 g/mol. The van der Waals surface area contributed by atoms with Crippen LogP contribution < -0.4 is 5.32 Å². The first kappa shape index (κ1) is 21.3. The van der Waals surface area contributed by atoms with Crippen LogP contribution in [0.1, 0.15) is 43.7 Å². The molecule has 3 heterocycles. The summed E-state index contributed by atoms with van der Waals surface area (Å²) in [6, 6.07) is 12.3. The minimum atomic E-state index is 0.420. The highest BCUT2D eigenvalue weighted by molar-refractivity contribution is 5.19. The van der Waals surface area contributed by atoms with Gasteiger partial charge in [0.1, 0.15) is 0 Å². The van der Waals surface area contributed by atoms with Crippen LogP contribution in [0, 0.1) is 0 Å². The SMILES string of the molecule is c1ccc(C(CN2CCC(N3CCCCC3)CC2)NCCN2CCOCC2)cc1. The van der Waals surface area contributed by atoms with Gasteiger partial charge in [-0.3, -0.25) is 4.90 Å². The number of morpholine rings is 1. The number of ether oxygens (including phenoxy) is 1. The van der Waals surface area contributed by atoms with E-state index < -0.39 is 0 Å². The standard InChI is InChI=1S/C24H40N4O/c1-3-7-22(8-4-1)24(25-11-16-26-17-19-29-20-18-26)21-27-14-9-23(10-15-27)28-12-5-2-6-13-28/h1,3-4,7-8,23-25H,2,5-6,9-21H2. The van der Waals surface area contributed by atoms with Gasteiger partial charge in [0.15, 0.2) is 0 Å². The zero-order valence-electron chi connectivity index (χ0n) is 18.1. The molecule has 0 saturated carbocycles. The van der Waals surface area contributed by atoms with Gasteiger partial charge in [-0.1, -0.05) is 36.8 Å². The van der Waals surface area contributed by atoms with Crippen LogP contribution in [0.4, 0.5) is 0 Å². The third-order valence-corrected chi connectivity index (χ3v) is 7.03. The maximum absolute atomic E-state index is 5.48. The molecule has 5 nitrogen and oxygen atoms in total. The molecule has 1 aromatic rings. The van der Waals surface area contributed by atoms with E-state index in [0.717, 1.165) is 52.0 Å². The number of rotatable bonds is 8. The Labute approximate surface area is 177 Å². The van der Waals surface area contributed by atoms with E-state index in [4.69, 9.17) is 4.74 Å². The molecule has 0 aliphatic carbocycles. The van der Waals surface area contributed by atoms with Gasteiger partial charge in [-0.15, -0.1) is 0 Å². The predicted molar refractivity (Wildman–Crippen MR) is 119 cm³/mol. The molecule has 5 heteroatoms. The van der Waals surface area contributed by atoms with E-state index in [2.05, 4.69) is 50.3 Å². The van der Waals surface area contributed by atoms with Crippen molar-refractivity contribution >= 4 is 0 Å². The highest BCUT2D eigenvalue weighted by atomic mass is 16.5. The molecule has 3 saturated heterocycles. The zero-order valence-corrected chi connectivity index (χ0v) is 18.1. The number of hydrogen-bond donors (Lipinski definition) is 1. The van der Waals surface area contributed by atoms with Gasteiger partial charge in [0.05, 0.1) is 13.2 Å². The summed E-state index contributed by atoms with van der Waals surface area (Å²) in [6.45, 7) is 12.4. The quantitative estimate of drug-likeness (QED) is 0.725. The second kappa shape index (κ2) is 11.4. The number of nitrogens with one attached hydrogen (secondary N) is 1. The van der Waals surface area contributed by atoms with E-state index >= 15 is 0 Å². The van der Waals surface area contributed by atoms with Crippen molar-refractivity contribution in [1.29, 1.82) is 0 Å². The van der Waals surface area contributed by atoms with Crippen molar-refractivity contribution in [3.05, 3.63) is 35.9 Å². The second-order valence-corrected chi connectivity index (χ2v) is 9.00. The number of likely N-dealkylation sites (tertiary alicyclic amines) is 2. The van der Waals surface area contributed by atoms with Crippen LogP contribution in [0.3, 0.4) is 0 Å². The average Bonchev–Trinajstić information content (AvgIpc) is 2.81. The summed E-state index contributed by atoms with van der Waals surface area (Å²) >= 11 is 0. The molecule has 0 aromatic heterocycles. The Morgan fingerprint density at radius 1 is 0.862 bits per heavy atom. The molecule has 29 heavy (non-hydrogen) atoms. The van der Waals surface area contributed by atoms with E-state index in [1.165, 1.54) is 63.8 Å². The van der Waals surface area contributed by atoms with Gasteiger partial charge < -0.3 is 19.9 Å². The van der Waals surface area contributed by atoms with Crippen LogP contribution in [0.25, 0.3) is 0 Å². The Morgan fingerprint density at radius 2 is 1.59 bits per heavy atom. The smallest absolute Gasteiger partial charge is 0.0594 e. The molecule has 1 N–H and O–H groups in total. The van der Waals surface area contributed by atoms with Crippen molar-refractivity contribution in [2.24, 2.45) is 0 Å². The number of hydrogen-bond acceptors (Lipinski definition) is 5. The van der Waals surface area contributed by atoms with Crippen molar-refractivity contribution in [2.75, 3.05) is 72.1 Å². The number of nitrogens with zero attached hydrogens (tertiary/aromatic N) is 3. The van der Waals surface area contributed by atoms with Crippen LogP contribution in [-0.4, -0.2) is 92.9 Å².